The Kier molecular flexibility index (Phi) is 1.05. The SMILES string of the molecule is [BH3-]C(C)(C)C. The molecular weight excluding hydrogens is 58.9 g/mol. The minimum absolute atomic E-state index is 0.604. The van der Waals surface area contributed by atoms with Gasteiger partial charge in [0, 0.05) is 0 Å². The van der Waals surface area contributed by atoms with E-state index in [2.05, 4.69) is 20.8 Å². The van der Waals surface area contributed by atoms with Crippen LogP contribution in [0.25, 0.3) is 0 Å². The predicted octanol–water partition coefficient (Wildman–Crippen LogP) is 0.570. The van der Waals surface area contributed by atoms with Crippen LogP contribution in [0.3, 0.4) is 0 Å². The van der Waals surface area contributed by atoms with Crippen LogP contribution in [0.5, 0.6) is 0 Å². The summed E-state index contributed by atoms with van der Waals surface area (Å²) in [6.07, 6.45) is 0. The van der Waals surface area contributed by atoms with Gasteiger partial charge in [-0.05, 0) is 7.85 Å². The van der Waals surface area contributed by atoms with Gasteiger partial charge in [0.15, 0.2) is 0 Å². The van der Waals surface area contributed by atoms with E-state index in [4.69, 9.17) is 0 Å². The Morgan fingerprint density at radius 3 is 1.20 bits per heavy atom. The van der Waals surface area contributed by atoms with Gasteiger partial charge in [0.05, 0.1) is 0 Å². The summed E-state index contributed by atoms with van der Waals surface area (Å²) < 4.78 is 0. The lowest BCUT2D eigenvalue weighted by atomic mass is 9.75. The highest BCUT2D eigenvalue weighted by atomic mass is 13.9. The Balaban J connectivity index is 3.02. The first-order valence-electron chi connectivity index (χ1n) is 1.50. The average molecular weight is 71.0 g/mol. The molecule has 0 aliphatic heterocycles. The van der Waals surface area contributed by atoms with Gasteiger partial charge in [-0.25, -0.2) is 0 Å². The standard InChI is InChI=1S/C4H12B/c1-4(2,3)5/h1-3,5H3/q-1. The van der Waals surface area contributed by atoms with Gasteiger partial charge in [-0.2, -0.15) is 5.31 Å². The fourth-order valence-corrected chi connectivity index (χ4v) is 0. The van der Waals surface area contributed by atoms with Crippen molar-refractivity contribution in [1.82, 2.24) is 0 Å². The fraction of sp³-hybridized carbons (Fsp3) is 1.00. The zero-order valence-electron chi connectivity index (χ0n) is 3.50. The van der Waals surface area contributed by atoms with E-state index >= 15 is 0 Å². The van der Waals surface area contributed by atoms with Crippen LogP contribution in [0.4, 0.5) is 0 Å². The van der Waals surface area contributed by atoms with E-state index in [1.807, 2.05) is 0 Å². The number of rotatable bonds is 0. The summed E-state index contributed by atoms with van der Waals surface area (Å²) in [5.41, 5.74) is 0. The summed E-state index contributed by atoms with van der Waals surface area (Å²) >= 11 is 0. The molecule has 32 valence electrons. The second kappa shape index (κ2) is 1.04. The first-order valence-corrected chi connectivity index (χ1v) is 1.50. The van der Waals surface area contributed by atoms with Crippen LogP contribution in [-0.4, -0.2) is 7.85 Å². The molecule has 1 heteroatoms. The molecular formula is C4H12B-. The van der Waals surface area contributed by atoms with Gasteiger partial charge < -0.3 is 0 Å². The number of hydrogen-bond acceptors (Lipinski definition) is 0. The molecule has 0 rings (SSSR count). The lowest BCUT2D eigenvalue weighted by Crippen LogP contribution is -1.90. The van der Waals surface area contributed by atoms with Gasteiger partial charge in [-0.1, -0.05) is 20.8 Å². The highest BCUT2D eigenvalue weighted by molar-refractivity contribution is 6.14. The maximum absolute atomic E-state index is 2.30. The minimum atomic E-state index is 0.604. The first-order chi connectivity index (χ1) is 2.00. The molecule has 0 aromatic carbocycles. The van der Waals surface area contributed by atoms with Crippen molar-refractivity contribution < 1.29 is 0 Å². The van der Waals surface area contributed by atoms with Crippen molar-refractivity contribution >= 4 is 7.85 Å². The van der Waals surface area contributed by atoms with E-state index in [0.29, 0.717) is 7.85 Å². The number of hydrogen-bond donors (Lipinski definition) is 0. The van der Waals surface area contributed by atoms with Crippen molar-refractivity contribution in [3.8, 4) is 0 Å². The highest BCUT2D eigenvalue weighted by Gasteiger charge is 1.88. The van der Waals surface area contributed by atoms with Gasteiger partial charge >= 0.3 is 0 Å². The van der Waals surface area contributed by atoms with Crippen molar-refractivity contribution in [2.45, 2.75) is 26.1 Å². The van der Waals surface area contributed by atoms with Gasteiger partial charge in [0.2, 0.25) is 0 Å². The molecule has 0 nitrogen and oxygen atoms in total. The molecule has 0 saturated heterocycles. The molecule has 0 amide bonds. The molecule has 0 aromatic rings. The Morgan fingerprint density at radius 1 is 1.20 bits per heavy atom. The fourth-order valence-electron chi connectivity index (χ4n) is 0. The summed E-state index contributed by atoms with van der Waals surface area (Å²) in [5.74, 6) is 0. The summed E-state index contributed by atoms with van der Waals surface area (Å²) in [6.45, 7) is 6.90. The van der Waals surface area contributed by atoms with E-state index in [-0.39, 0.29) is 0 Å². The minimum Gasteiger partial charge on any atom is -0.172 e. The lowest BCUT2D eigenvalue weighted by Gasteiger charge is -2.13. The Labute approximate surface area is 35.0 Å². The molecule has 0 aromatic heterocycles. The van der Waals surface area contributed by atoms with Crippen molar-refractivity contribution in [2.24, 2.45) is 0 Å². The third-order valence-corrected chi connectivity index (χ3v) is 0. The van der Waals surface area contributed by atoms with Crippen LogP contribution in [-0.2, 0) is 0 Å². The van der Waals surface area contributed by atoms with Crippen molar-refractivity contribution in [2.75, 3.05) is 0 Å². The van der Waals surface area contributed by atoms with Crippen molar-refractivity contribution in [3.05, 3.63) is 0 Å². The second-order valence-corrected chi connectivity index (χ2v) is 1.50. The first kappa shape index (κ1) is 5.06. The third-order valence-electron chi connectivity index (χ3n) is 0. The molecule has 0 bridgehead atoms. The quantitative estimate of drug-likeness (QED) is 0.366. The second-order valence-electron chi connectivity index (χ2n) is 1.50. The van der Waals surface area contributed by atoms with E-state index in [0.717, 1.165) is 5.31 Å². The average Bonchev–Trinajstić information content (AvgIpc) is 0.722. The van der Waals surface area contributed by atoms with Crippen LogP contribution in [0.1, 0.15) is 20.8 Å². The maximum Gasteiger partial charge on any atom is -0.0419 e. The molecule has 0 radical (unpaired) electrons. The molecule has 0 heterocycles. The monoisotopic (exact) mass is 71.1 g/mol. The van der Waals surface area contributed by atoms with Crippen molar-refractivity contribution in [3.63, 3.8) is 0 Å². The molecule has 0 N–H and O–H groups in total. The van der Waals surface area contributed by atoms with Gasteiger partial charge in [-0.3, -0.25) is 0 Å². The topological polar surface area (TPSA) is 0 Å². The molecule has 0 fully saturated rings. The van der Waals surface area contributed by atoms with Gasteiger partial charge in [0.25, 0.3) is 0 Å². The third kappa shape index (κ3) is 4110. The predicted molar refractivity (Wildman–Crippen MR) is 29.7 cm³/mol. The van der Waals surface area contributed by atoms with Crippen molar-refractivity contribution in [1.29, 1.82) is 0 Å². The van der Waals surface area contributed by atoms with E-state index in [1.165, 1.54) is 0 Å². The molecule has 0 saturated carbocycles. The highest BCUT2D eigenvalue weighted by Crippen LogP contribution is 2.13. The van der Waals surface area contributed by atoms with Crippen LogP contribution in [0, 0.1) is 0 Å². The molecule has 5 heavy (non-hydrogen) atoms. The Morgan fingerprint density at radius 2 is 1.20 bits per heavy atom. The van der Waals surface area contributed by atoms with Crippen LogP contribution < -0.4 is 0 Å². The molecule has 0 aliphatic carbocycles. The van der Waals surface area contributed by atoms with Crippen LogP contribution in [0.2, 0.25) is 5.31 Å². The molecule has 0 spiro atoms. The van der Waals surface area contributed by atoms with Crippen LogP contribution >= 0.6 is 0 Å². The Hall–Kier alpha value is 0.0649. The molecule has 0 atom stereocenters. The van der Waals surface area contributed by atoms with E-state index in [1.54, 1.807) is 0 Å². The smallest absolute Gasteiger partial charge is 0.0419 e. The largest absolute Gasteiger partial charge is 0.172 e. The normalized spacial score (nSPS) is 12.0. The van der Waals surface area contributed by atoms with E-state index in [9.17, 15) is 0 Å². The zero-order valence-corrected chi connectivity index (χ0v) is 3.50. The zero-order chi connectivity index (χ0) is 4.50. The van der Waals surface area contributed by atoms with Gasteiger partial charge in [-0.15, -0.1) is 0 Å². The van der Waals surface area contributed by atoms with E-state index < -0.39 is 0 Å². The lowest BCUT2D eigenvalue weighted by molar-refractivity contribution is 0.767. The molecule has 0 aliphatic rings. The maximum atomic E-state index is 2.30. The Bertz CT molecular complexity index is 19.1. The summed E-state index contributed by atoms with van der Waals surface area (Å²) in [4.78, 5) is 0. The summed E-state index contributed by atoms with van der Waals surface area (Å²) in [6, 6.07) is 0. The molecule has 0 unspecified atom stereocenters. The van der Waals surface area contributed by atoms with Gasteiger partial charge in [0.1, 0.15) is 0 Å². The summed E-state index contributed by atoms with van der Waals surface area (Å²) in [5, 5.41) is 0.750. The summed E-state index contributed by atoms with van der Waals surface area (Å²) in [7, 11) is 0.604. The van der Waals surface area contributed by atoms with Crippen LogP contribution in [0.15, 0.2) is 0 Å².